The molecule has 2 aliphatic rings. The number of carbonyl (C=O) groups excluding carboxylic acids is 1. The molecule has 6 heteroatoms. The Kier molecular flexibility index (Phi) is 5.20. The number of hydrogen-bond acceptors (Lipinski definition) is 4. The van der Waals surface area contributed by atoms with Gasteiger partial charge >= 0.3 is 0 Å². The molecule has 0 spiro atoms. The molecule has 1 aliphatic heterocycles. The smallest absolute Gasteiger partial charge is 0.227 e. The number of benzene rings is 1. The minimum absolute atomic E-state index is 0.184. The maximum absolute atomic E-state index is 12.6. The molecule has 0 bridgehead atoms. The number of halogens is 1. The van der Waals surface area contributed by atoms with Gasteiger partial charge in [-0.15, -0.1) is 11.3 Å². The average Bonchev–Trinajstić information content (AvgIpc) is 3.24. The van der Waals surface area contributed by atoms with Crippen LogP contribution >= 0.6 is 22.9 Å². The molecule has 26 heavy (non-hydrogen) atoms. The summed E-state index contributed by atoms with van der Waals surface area (Å²) in [7, 11) is 0. The fourth-order valence-electron chi connectivity index (χ4n) is 4.11. The van der Waals surface area contributed by atoms with Gasteiger partial charge in [0.1, 0.15) is 11.9 Å². The van der Waals surface area contributed by atoms with E-state index < -0.39 is 6.10 Å². The highest BCUT2D eigenvalue weighted by atomic mass is 35.5. The Hall–Kier alpha value is -1.56. The van der Waals surface area contributed by atoms with Crippen molar-refractivity contribution in [2.45, 2.75) is 31.5 Å². The second-order valence-corrected chi connectivity index (χ2v) is 8.70. The van der Waals surface area contributed by atoms with Gasteiger partial charge in [-0.05, 0) is 54.3 Å². The first-order valence-corrected chi connectivity index (χ1v) is 10.2. The summed E-state index contributed by atoms with van der Waals surface area (Å²) >= 11 is 7.63. The zero-order valence-corrected chi connectivity index (χ0v) is 16.0. The maximum atomic E-state index is 12.6. The molecule has 2 aromatic rings. The summed E-state index contributed by atoms with van der Waals surface area (Å²) in [5.74, 6) is 1.61. The number of fused-ring (bicyclic) bond motifs is 1. The van der Waals surface area contributed by atoms with E-state index in [0.29, 0.717) is 35.4 Å². The van der Waals surface area contributed by atoms with Gasteiger partial charge in [-0.3, -0.25) is 4.79 Å². The van der Waals surface area contributed by atoms with Crippen molar-refractivity contribution >= 4 is 28.8 Å². The van der Waals surface area contributed by atoms with E-state index in [1.54, 1.807) is 23.5 Å². The second-order valence-electron chi connectivity index (χ2n) is 7.23. The van der Waals surface area contributed by atoms with Gasteiger partial charge in [0, 0.05) is 23.0 Å². The van der Waals surface area contributed by atoms with E-state index in [1.807, 2.05) is 34.5 Å². The number of amides is 1. The lowest BCUT2D eigenvalue weighted by molar-refractivity contribution is -0.129. The van der Waals surface area contributed by atoms with Crippen LogP contribution in [0.2, 0.25) is 5.02 Å². The van der Waals surface area contributed by atoms with E-state index in [9.17, 15) is 9.90 Å². The number of aliphatic hydroxyl groups excluding tert-OH is 1. The summed E-state index contributed by atoms with van der Waals surface area (Å²) in [6.45, 7) is 1.51. The lowest BCUT2D eigenvalue weighted by Crippen LogP contribution is -2.42. The molecule has 1 saturated carbocycles. The average molecular weight is 392 g/mol. The van der Waals surface area contributed by atoms with Crippen LogP contribution in [-0.2, 0) is 11.2 Å². The molecule has 0 radical (unpaired) electrons. The van der Waals surface area contributed by atoms with Gasteiger partial charge in [-0.2, -0.15) is 0 Å². The fraction of sp³-hybridized carbons (Fsp3) is 0.450. The number of likely N-dealkylation sites (tertiary alicyclic amines) is 1. The van der Waals surface area contributed by atoms with Crippen molar-refractivity contribution in [3.05, 3.63) is 51.7 Å². The molecule has 138 valence electrons. The molecular formula is C20H22ClNO3S. The van der Waals surface area contributed by atoms with E-state index >= 15 is 0 Å². The van der Waals surface area contributed by atoms with Gasteiger partial charge in [0.05, 0.1) is 12.5 Å². The third kappa shape index (κ3) is 3.90. The zero-order chi connectivity index (χ0) is 18.1. The van der Waals surface area contributed by atoms with Crippen LogP contribution in [0.5, 0.6) is 5.75 Å². The van der Waals surface area contributed by atoms with E-state index in [1.165, 1.54) is 0 Å². The molecular weight excluding hydrogens is 370 g/mol. The third-order valence-electron chi connectivity index (χ3n) is 5.43. The molecule has 1 aromatic carbocycles. The van der Waals surface area contributed by atoms with E-state index in [4.69, 9.17) is 16.3 Å². The number of ether oxygens (including phenoxy) is 1. The highest BCUT2D eigenvalue weighted by molar-refractivity contribution is 7.10. The summed E-state index contributed by atoms with van der Waals surface area (Å²) in [5.41, 5.74) is 0. The van der Waals surface area contributed by atoms with E-state index in [0.717, 1.165) is 24.4 Å². The normalized spacial score (nSPS) is 28.0. The largest absolute Gasteiger partial charge is 0.488 e. The summed E-state index contributed by atoms with van der Waals surface area (Å²) in [6.07, 6.45) is 1.16. The van der Waals surface area contributed by atoms with Gasteiger partial charge in [0.15, 0.2) is 0 Å². The summed E-state index contributed by atoms with van der Waals surface area (Å²) in [5, 5.41) is 13.1. The van der Waals surface area contributed by atoms with Crippen molar-refractivity contribution in [2.24, 2.45) is 11.8 Å². The summed E-state index contributed by atoms with van der Waals surface area (Å²) < 4.78 is 6.00. The Balaban J connectivity index is 1.38. The molecule has 4 rings (SSSR count). The van der Waals surface area contributed by atoms with Gasteiger partial charge in [-0.1, -0.05) is 23.7 Å². The number of hydrogen-bond donors (Lipinski definition) is 1. The van der Waals surface area contributed by atoms with Crippen LogP contribution in [0, 0.1) is 11.8 Å². The number of nitrogens with zero attached hydrogens (tertiary/aromatic N) is 1. The van der Waals surface area contributed by atoms with Crippen LogP contribution in [-0.4, -0.2) is 41.2 Å². The van der Waals surface area contributed by atoms with Crippen molar-refractivity contribution < 1.29 is 14.6 Å². The van der Waals surface area contributed by atoms with Crippen molar-refractivity contribution in [1.29, 1.82) is 0 Å². The predicted octanol–water partition coefficient (Wildman–Crippen LogP) is 3.62. The number of thiophene rings is 1. The molecule has 1 N–H and O–H groups in total. The van der Waals surface area contributed by atoms with Crippen LogP contribution in [0.1, 0.15) is 17.7 Å². The lowest BCUT2D eigenvalue weighted by atomic mass is 9.78. The molecule has 4 atom stereocenters. The minimum Gasteiger partial charge on any atom is -0.488 e. The zero-order valence-electron chi connectivity index (χ0n) is 14.4. The predicted molar refractivity (Wildman–Crippen MR) is 103 cm³/mol. The Bertz CT molecular complexity index is 766. The first-order valence-electron chi connectivity index (χ1n) is 8.99. The number of aliphatic hydroxyl groups is 1. The van der Waals surface area contributed by atoms with Crippen molar-refractivity contribution in [1.82, 2.24) is 4.90 Å². The Morgan fingerprint density at radius 3 is 2.77 bits per heavy atom. The minimum atomic E-state index is -0.512. The van der Waals surface area contributed by atoms with Crippen molar-refractivity contribution in [3.8, 4) is 5.75 Å². The third-order valence-corrected chi connectivity index (χ3v) is 6.54. The quantitative estimate of drug-likeness (QED) is 0.865. The van der Waals surface area contributed by atoms with Gasteiger partial charge < -0.3 is 14.7 Å². The van der Waals surface area contributed by atoms with E-state index in [2.05, 4.69) is 0 Å². The topological polar surface area (TPSA) is 49.8 Å². The van der Waals surface area contributed by atoms with Crippen LogP contribution < -0.4 is 4.74 Å². The molecule has 1 aliphatic carbocycles. The maximum Gasteiger partial charge on any atom is 0.227 e. The molecule has 2 fully saturated rings. The van der Waals surface area contributed by atoms with Crippen LogP contribution in [0.4, 0.5) is 0 Å². The Morgan fingerprint density at radius 1 is 1.23 bits per heavy atom. The van der Waals surface area contributed by atoms with Gasteiger partial charge in [-0.25, -0.2) is 0 Å². The second kappa shape index (κ2) is 7.59. The lowest BCUT2D eigenvalue weighted by Gasteiger charge is -2.35. The summed E-state index contributed by atoms with van der Waals surface area (Å²) in [6, 6.07) is 11.3. The summed E-state index contributed by atoms with van der Waals surface area (Å²) in [4.78, 5) is 15.6. The first-order chi connectivity index (χ1) is 12.6. The molecule has 4 nitrogen and oxygen atoms in total. The van der Waals surface area contributed by atoms with Gasteiger partial charge in [0.25, 0.3) is 0 Å². The highest BCUT2D eigenvalue weighted by Crippen LogP contribution is 2.38. The van der Waals surface area contributed by atoms with Gasteiger partial charge in [0.2, 0.25) is 5.91 Å². The fourth-order valence-corrected chi connectivity index (χ4v) is 4.99. The first kappa shape index (κ1) is 17.8. The molecule has 1 saturated heterocycles. The van der Waals surface area contributed by atoms with Crippen molar-refractivity contribution in [2.75, 3.05) is 13.1 Å². The number of carbonyl (C=O) groups is 1. The van der Waals surface area contributed by atoms with Crippen LogP contribution in [0.15, 0.2) is 41.8 Å². The van der Waals surface area contributed by atoms with Crippen LogP contribution in [0.3, 0.4) is 0 Å². The Labute approximate surface area is 162 Å². The van der Waals surface area contributed by atoms with E-state index in [-0.39, 0.29) is 12.0 Å². The van der Waals surface area contributed by atoms with Crippen molar-refractivity contribution in [3.63, 3.8) is 0 Å². The highest BCUT2D eigenvalue weighted by Gasteiger charge is 2.43. The standard InChI is InChI=1S/C20H22ClNO3S/c21-15-3-1-4-16(9-15)25-19-8-14-12-22(11-13(14)7-18(19)23)20(24)10-17-5-2-6-26-17/h1-6,9,13-14,18-19,23H,7-8,10-12H2/t13-,14+,18+,19+/m0/s1. The molecule has 2 heterocycles. The SMILES string of the molecule is O=C(Cc1cccs1)N1C[C@H]2C[C@@H](Oc3cccc(Cl)c3)[C@H](O)C[C@H]2C1. The Morgan fingerprint density at radius 2 is 2.04 bits per heavy atom. The molecule has 1 aromatic heterocycles. The monoisotopic (exact) mass is 391 g/mol. The molecule has 0 unspecified atom stereocenters. The molecule has 1 amide bonds. The van der Waals surface area contributed by atoms with Crippen LogP contribution in [0.25, 0.3) is 0 Å². The number of rotatable bonds is 4.